The van der Waals surface area contributed by atoms with Gasteiger partial charge < -0.3 is 0 Å². The molecular weight excluding hydrogens is 421 g/mol. The first-order chi connectivity index (χ1) is 14.4. The Morgan fingerprint density at radius 3 is 2.60 bits per heavy atom. The number of aliphatic imine (C=N–C) groups is 1. The molecule has 148 valence electrons. The molecule has 2 aromatic rings. The fourth-order valence-corrected chi connectivity index (χ4v) is 3.61. The number of carbonyl (C=O) groups is 1. The van der Waals surface area contributed by atoms with Crippen LogP contribution in [0.25, 0.3) is 5.57 Å². The van der Waals surface area contributed by atoms with Crippen molar-refractivity contribution in [1.29, 1.82) is 5.26 Å². The van der Waals surface area contributed by atoms with E-state index in [0.29, 0.717) is 32.7 Å². The highest BCUT2D eigenvalue weighted by molar-refractivity contribution is 6.35. The molecule has 4 rings (SSSR count). The second-order valence-corrected chi connectivity index (χ2v) is 7.52. The van der Waals surface area contributed by atoms with E-state index in [2.05, 4.69) is 21.5 Å². The van der Waals surface area contributed by atoms with Crippen LogP contribution in [0.3, 0.4) is 0 Å². The molecule has 30 heavy (non-hydrogen) atoms. The fraction of sp³-hybridized carbons (Fsp3) is 0.0909. The number of hydrazone groups is 1. The van der Waals surface area contributed by atoms with Crippen molar-refractivity contribution in [3.05, 3.63) is 87.4 Å². The van der Waals surface area contributed by atoms with E-state index in [4.69, 9.17) is 28.5 Å². The molecule has 1 N–H and O–H groups in total. The summed E-state index contributed by atoms with van der Waals surface area (Å²) in [6.07, 6.45) is 4.84. The number of fused-ring (bicyclic) bond motifs is 1. The van der Waals surface area contributed by atoms with E-state index >= 15 is 0 Å². The van der Waals surface area contributed by atoms with Crippen LogP contribution >= 0.6 is 23.2 Å². The van der Waals surface area contributed by atoms with Crippen LogP contribution in [-0.2, 0) is 0 Å². The number of urea groups is 1. The van der Waals surface area contributed by atoms with Crippen LogP contribution in [0.4, 0.5) is 4.79 Å². The number of rotatable bonds is 2. The molecule has 0 aromatic heterocycles. The summed E-state index contributed by atoms with van der Waals surface area (Å²) >= 11 is 12.4. The van der Waals surface area contributed by atoms with Gasteiger partial charge in [0.25, 0.3) is 0 Å². The Morgan fingerprint density at radius 2 is 1.90 bits per heavy atom. The minimum Gasteiger partial charge on any atom is -0.290 e. The minimum absolute atomic E-state index is 0.401. The normalized spacial score (nSPS) is 19.9. The maximum Gasteiger partial charge on any atom is 0.345 e. The summed E-state index contributed by atoms with van der Waals surface area (Å²) in [7, 11) is 0. The Balaban J connectivity index is 1.81. The van der Waals surface area contributed by atoms with Crippen LogP contribution in [0.1, 0.15) is 23.6 Å². The van der Waals surface area contributed by atoms with E-state index in [1.165, 1.54) is 5.01 Å². The van der Waals surface area contributed by atoms with Crippen LogP contribution in [0.2, 0.25) is 10.0 Å². The Kier molecular flexibility index (Phi) is 5.40. The van der Waals surface area contributed by atoms with Crippen LogP contribution in [0.5, 0.6) is 0 Å². The summed E-state index contributed by atoms with van der Waals surface area (Å²) in [4.78, 5) is 17.5. The van der Waals surface area contributed by atoms with Crippen molar-refractivity contribution in [2.75, 3.05) is 0 Å². The lowest BCUT2D eigenvalue weighted by Crippen LogP contribution is -2.50. The summed E-state index contributed by atoms with van der Waals surface area (Å²) in [5.41, 5.74) is 3.42. The molecule has 8 heteroatoms. The predicted octanol–water partition coefficient (Wildman–Crippen LogP) is 4.99. The molecule has 2 aromatic carbocycles. The second kappa shape index (κ2) is 8.15. The number of benzene rings is 2. The highest BCUT2D eigenvalue weighted by Crippen LogP contribution is 2.30. The molecule has 0 fully saturated rings. The predicted molar refractivity (Wildman–Crippen MR) is 119 cm³/mol. The van der Waals surface area contributed by atoms with Gasteiger partial charge in [-0.1, -0.05) is 35.3 Å². The Bertz CT molecular complexity index is 1190. The number of amides is 2. The van der Waals surface area contributed by atoms with Crippen molar-refractivity contribution in [3.63, 3.8) is 0 Å². The Hall–Kier alpha value is -3.40. The van der Waals surface area contributed by atoms with Crippen molar-refractivity contribution in [1.82, 2.24) is 10.3 Å². The third-order valence-electron chi connectivity index (χ3n) is 4.57. The summed E-state index contributed by atoms with van der Waals surface area (Å²) in [5, 5.41) is 18.4. The number of hydrogen-bond acceptors (Lipinski definition) is 4. The topological polar surface area (TPSA) is 80.9 Å². The molecule has 2 aliphatic rings. The number of nitrogens with one attached hydrogen (secondary N) is 1. The first-order valence-electron chi connectivity index (χ1n) is 9.04. The molecule has 2 aliphatic heterocycles. The molecule has 2 amide bonds. The number of allylic oxidation sites excluding steroid dienone is 3. The van der Waals surface area contributed by atoms with Crippen molar-refractivity contribution in [3.8, 4) is 6.07 Å². The van der Waals surface area contributed by atoms with Gasteiger partial charge in [-0.2, -0.15) is 15.4 Å². The standard InChI is InChI=1S/C22H15Cl2N5O/c1-13-2-5-16(18-9-8-17(23)11-19(18)24)10-20-26-21(27-22(30)29(20)28-13)15-6-3-14(12-25)4-7-15/h2-11,20H,1H3,(H,26,27,30)/b5-2?,16-10-,28-13?. The van der Waals surface area contributed by atoms with Gasteiger partial charge in [-0.15, -0.1) is 0 Å². The largest absolute Gasteiger partial charge is 0.345 e. The van der Waals surface area contributed by atoms with Crippen LogP contribution < -0.4 is 5.32 Å². The number of nitrogens with zero attached hydrogens (tertiary/aromatic N) is 4. The van der Waals surface area contributed by atoms with Crippen molar-refractivity contribution < 1.29 is 4.79 Å². The summed E-state index contributed by atoms with van der Waals surface area (Å²) < 4.78 is 0. The van der Waals surface area contributed by atoms with Gasteiger partial charge in [0.1, 0.15) is 5.84 Å². The average Bonchev–Trinajstić information content (AvgIpc) is 2.72. The number of halogens is 2. The van der Waals surface area contributed by atoms with Crippen molar-refractivity contribution in [2.45, 2.75) is 13.1 Å². The molecule has 6 nitrogen and oxygen atoms in total. The van der Waals surface area contributed by atoms with Crippen LogP contribution in [-0.4, -0.2) is 28.8 Å². The zero-order valence-electron chi connectivity index (χ0n) is 15.8. The molecular formula is C22H15Cl2N5O. The molecule has 0 saturated carbocycles. The summed E-state index contributed by atoms with van der Waals surface area (Å²) in [6, 6.07) is 13.8. The van der Waals surface area contributed by atoms with Gasteiger partial charge in [-0.3, -0.25) is 5.32 Å². The average molecular weight is 436 g/mol. The van der Waals surface area contributed by atoms with Gasteiger partial charge in [0.2, 0.25) is 0 Å². The molecule has 0 bridgehead atoms. The lowest BCUT2D eigenvalue weighted by Gasteiger charge is -2.30. The van der Waals surface area contributed by atoms with E-state index in [1.807, 2.05) is 18.2 Å². The molecule has 0 radical (unpaired) electrons. The van der Waals surface area contributed by atoms with Gasteiger partial charge in [0.05, 0.1) is 17.3 Å². The summed E-state index contributed by atoms with van der Waals surface area (Å²) in [5.74, 6) is 0.404. The smallest absolute Gasteiger partial charge is 0.290 e. The van der Waals surface area contributed by atoms with Crippen LogP contribution in [0, 0.1) is 11.3 Å². The van der Waals surface area contributed by atoms with Gasteiger partial charge >= 0.3 is 6.03 Å². The molecule has 0 spiro atoms. The molecule has 0 saturated heterocycles. The minimum atomic E-state index is -0.675. The monoisotopic (exact) mass is 435 g/mol. The quantitative estimate of drug-likeness (QED) is 0.720. The van der Waals surface area contributed by atoms with Crippen LogP contribution in [0.15, 0.2) is 70.8 Å². The summed E-state index contributed by atoms with van der Waals surface area (Å²) in [6.45, 7) is 1.80. The zero-order chi connectivity index (χ0) is 21.3. The van der Waals surface area contributed by atoms with E-state index < -0.39 is 12.2 Å². The van der Waals surface area contributed by atoms with E-state index in [1.54, 1.807) is 49.4 Å². The number of hydrogen-bond donors (Lipinski definition) is 1. The molecule has 0 aliphatic carbocycles. The molecule has 1 atom stereocenters. The highest BCUT2D eigenvalue weighted by atomic mass is 35.5. The lowest BCUT2D eigenvalue weighted by molar-refractivity contribution is 0.191. The fourth-order valence-electron chi connectivity index (χ4n) is 3.09. The number of amidine groups is 1. The highest BCUT2D eigenvalue weighted by Gasteiger charge is 2.30. The van der Waals surface area contributed by atoms with Crippen molar-refractivity contribution >= 4 is 46.4 Å². The third kappa shape index (κ3) is 3.99. The van der Waals surface area contributed by atoms with E-state index in [0.717, 1.165) is 11.1 Å². The second-order valence-electron chi connectivity index (χ2n) is 6.68. The van der Waals surface area contributed by atoms with Gasteiger partial charge in [-0.05, 0) is 61.0 Å². The van der Waals surface area contributed by atoms with Crippen molar-refractivity contribution in [2.24, 2.45) is 10.1 Å². The SMILES string of the molecule is CC1=NN2C(=O)NC(c3ccc(C#N)cc3)=NC2/C=C(\c2ccc(Cl)cc2Cl)C=C1. The lowest BCUT2D eigenvalue weighted by atomic mass is 10.0. The first-order valence-corrected chi connectivity index (χ1v) is 9.79. The third-order valence-corrected chi connectivity index (χ3v) is 5.12. The molecule has 2 heterocycles. The van der Waals surface area contributed by atoms with Gasteiger partial charge in [-0.25, -0.2) is 9.79 Å². The van der Waals surface area contributed by atoms with E-state index in [9.17, 15) is 4.79 Å². The van der Waals surface area contributed by atoms with Gasteiger partial charge in [0.15, 0.2) is 6.17 Å². The number of nitriles is 1. The molecule has 1 unspecified atom stereocenters. The maximum atomic E-state index is 12.8. The van der Waals surface area contributed by atoms with Gasteiger partial charge in [0, 0.05) is 21.2 Å². The number of carbonyl (C=O) groups excluding carboxylic acids is 1. The Labute approximate surface area is 183 Å². The maximum absolute atomic E-state index is 12.8. The first kappa shape index (κ1) is 19.9. The Morgan fingerprint density at radius 1 is 1.13 bits per heavy atom. The zero-order valence-corrected chi connectivity index (χ0v) is 17.3. The van der Waals surface area contributed by atoms with E-state index in [-0.39, 0.29) is 0 Å².